The molecule has 6 nitrogen and oxygen atoms in total. The van der Waals surface area contributed by atoms with Gasteiger partial charge >= 0.3 is 0 Å². The summed E-state index contributed by atoms with van der Waals surface area (Å²) in [7, 11) is -3.42. The summed E-state index contributed by atoms with van der Waals surface area (Å²) < 4.78 is 26.6. The fourth-order valence-corrected chi connectivity index (χ4v) is 5.26. The third-order valence-corrected chi connectivity index (χ3v) is 7.19. The summed E-state index contributed by atoms with van der Waals surface area (Å²) in [6.07, 6.45) is 4.91. The van der Waals surface area contributed by atoms with E-state index in [1.807, 2.05) is 0 Å². The fourth-order valence-electron chi connectivity index (χ4n) is 3.74. The summed E-state index contributed by atoms with van der Waals surface area (Å²) in [5.74, 6) is -0.121. The molecule has 0 saturated carbocycles. The van der Waals surface area contributed by atoms with Crippen molar-refractivity contribution in [3.05, 3.63) is 29.8 Å². The Morgan fingerprint density at radius 2 is 1.69 bits per heavy atom. The maximum Gasteiger partial charge on any atom is 0.251 e. The van der Waals surface area contributed by atoms with E-state index >= 15 is 0 Å². The van der Waals surface area contributed by atoms with Crippen LogP contribution in [0.1, 0.15) is 49.4 Å². The van der Waals surface area contributed by atoms with E-state index in [1.165, 1.54) is 4.31 Å². The zero-order valence-corrected chi connectivity index (χ0v) is 16.3. The van der Waals surface area contributed by atoms with Gasteiger partial charge in [-0.3, -0.25) is 4.79 Å². The first-order valence-corrected chi connectivity index (χ1v) is 11.1. The minimum atomic E-state index is -3.42. The highest BCUT2D eigenvalue weighted by Crippen LogP contribution is 2.21. The number of likely N-dealkylation sites (tertiary alicyclic amines) is 1. The Balaban J connectivity index is 1.57. The minimum Gasteiger partial charge on any atom is -0.349 e. The van der Waals surface area contributed by atoms with Crippen molar-refractivity contribution in [3.8, 4) is 0 Å². The molecule has 0 radical (unpaired) electrons. The number of hydrogen-bond donors (Lipinski definition) is 1. The van der Waals surface area contributed by atoms with Gasteiger partial charge in [0.1, 0.15) is 0 Å². The standard InChI is InChI=1S/C19H29N3O3S/c1-2-11-21-14-9-17(10-15-21)20-19(23)16-5-7-18(8-6-16)26(24,25)22-12-3-4-13-22/h5-8,17H,2-4,9-15H2,1H3,(H,20,23). The highest BCUT2D eigenvalue weighted by molar-refractivity contribution is 7.89. The highest BCUT2D eigenvalue weighted by atomic mass is 32.2. The fraction of sp³-hybridized carbons (Fsp3) is 0.632. The Morgan fingerprint density at radius 3 is 2.27 bits per heavy atom. The molecular weight excluding hydrogens is 350 g/mol. The van der Waals surface area contributed by atoms with E-state index in [9.17, 15) is 13.2 Å². The number of sulfonamides is 1. The van der Waals surface area contributed by atoms with E-state index in [0.29, 0.717) is 18.7 Å². The van der Waals surface area contributed by atoms with Gasteiger partial charge in [0.25, 0.3) is 5.91 Å². The molecule has 3 rings (SSSR count). The van der Waals surface area contributed by atoms with E-state index in [-0.39, 0.29) is 16.8 Å². The van der Waals surface area contributed by atoms with Crippen LogP contribution in [0.2, 0.25) is 0 Å². The monoisotopic (exact) mass is 379 g/mol. The Bertz CT molecular complexity index is 704. The zero-order chi connectivity index (χ0) is 18.6. The minimum absolute atomic E-state index is 0.121. The normalized spacial score (nSPS) is 20.3. The molecule has 2 aliphatic rings. The van der Waals surface area contributed by atoms with E-state index < -0.39 is 10.0 Å². The van der Waals surface area contributed by atoms with Crippen molar-refractivity contribution >= 4 is 15.9 Å². The van der Waals surface area contributed by atoms with Crippen LogP contribution in [0.3, 0.4) is 0 Å². The summed E-state index contributed by atoms with van der Waals surface area (Å²) in [6.45, 7) is 6.51. The van der Waals surface area contributed by atoms with Crippen molar-refractivity contribution < 1.29 is 13.2 Å². The van der Waals surface area contributed by atoms with Gasteiger partial charge in [0.05, 0.1) is 4.90 Å². The van der Waals surface area contributed by atoms with Gasteiger partial charge in [-0.15, -0.1) is 0 Å². The second kappa shape index (κ2) is 8.50. The SMILES string of the molecule is CCCN1CCC(NC(=O)c2ccc(S(=O)(=O)N3CCCC3)cc2)CC1. The van der Waals surface area contributed by atoms with E-state index in [1.54, 1.807) is 24.3 Å². The largest absolute Gasteiger partial charge is 0.349 e. The third-order valence-electron chi connectivity index (χ3n) is 5.28. The lowest BCUT2D eigenvalue weighted by Gasteiger charge is -2.32. The van der Waals surface area contributed by atoms with Crippen LogP contribution in [0.5, 0.6) is 0 Å². The maximum absolute atomic E-state index is 12.5. The second-order valence-electron chi connectivity index (χ2n) is 7.22. The maximum atomic E-state index is 12.5. The molecular formula is C19H29N3O3S. The number of carbonyl (C=O) groups excluding carboxylic acids is 1. The summed E-state index contributed by atoms with van der Waals surface area (Å²) in [5.41, 5.74) is 0.515. The first-order chi connectivity index (χ1) is 12.5. The molecule has 1 aromatic carbocycles. The smallest absolute Gasteiger partial charge is 0.251 e. The predicted molar refractivity (Wildman–Crippen MR) is 102 cm³/mol. The topological polar surface area (TPSA) is 69.7 Å². The lowest BCUT2D eigenvalue weighted by molar-refractivity contribution is 0.0911. The van der Waals surface area contributed by atoms with Gasteiger partial charge in [-0.1, -0.05) is 6.92 Å². The lowest BCUT2D eigenvalue weighted by Crippen LogP contribution is -2.44. The van der Waals surface area contributed by atoms with Crippen molar-refractivity contribution in [3.63, 3.8) is 0 Å². The molecule has 0 aromatic heterocycles. The average molecular weight is 380 g/mol. The summed E-state index contributed by atoms with van der Waals surface area (Å²) in [5, 5.41) is 3.09. The number of piperidine rings is 1. The van der Waals surface area contributed by atoms with Gasteiger partial charge in [-0.05, 0) is 62.9 Å². The van der Waals surface area contributed by atoms with Crippen molar-refractivity contribution in [2.24, 2.45) is 0 Å². The molecule has 26 heavy (non-hydrogen) atoms. The van der Waals surface area contributed by atoms with Gasteiger partial charge in [0.15, 0.2) is 0 Å². The quantitative estimate of drug-likeness (QED) is 0.822. The number of nitrogens with one attached hydrogen (secondary N) is 1. The highest BCUT2D eigenvalue weighted by Gasteiger charge is 2.27. The molecule has 0 spiro atoms. The van der Waals surface area contributed by atoms with Gasteiger partial charge in [0.2, 0.25) is 10.0 Å². The van der Waals surface area contributed by atoms with Gasteiger partial charge in [-0.25, -0.2) is 8.42 Å². The second-order valence-corrected chi connectivity index (χ2v) is 9.16. The molecule has 7 heteroatoms. The van der Waals surface area contributed by atoms with Gasteiger partial charge < -0.3 is 10.2 Å². The van der Waals surface area contributed by atoms with Crippen LogP contribution >= 0.6 is 0 Å². The molecule has 2 aliphatic heterocycles. The van der Waals surface area contributed by atoms with E-state index in [4.69, 9.17) is 0 Å². The molecule has 144 valence electrons. The summed E-state index contributed by atoms with van der Waals surface area (Å²) in [6, 6.07) is 6.53. The number of hydrogen-bond acceptors (Lipinski definition) is 4. The van der Waals surface area contributed by atoms with Gasteiger partial charge in [0, 0.05) is 37.8 Å². The molecule has 0 aliphatic carbocycles. The van der Waals surface area contributed by atoms with Crippen molar-refractivity contribution in [1.29, 1.82) is 0 Å². The first kappa shape index (κ1) is 19.3. The van der Waals surface area contributed by atoms with Crippen LogP contribution < -0.4 is 5.32 Å². The van der Waals surface area contributed by atoms with Crippen LogP contribution in [-0.4, -0.2) is 62.3 Å². The van der Waals surface area contributed by atoms with E-state index in [2.05, 4.69) is 17.1 Å². The first-order valence-electron chi connectivity index (χ1n) is 9.64. The third kappa shape index (κ3) is 4.45. The van der Waals surface area contributed by atoms with Gasteiger partial charge in [-0.2, -0.15) is 4.31 Å². The molecule has 0 unspecified atom stereocenters. The van der Waals surface area contributed by atoms with Crippen LogP contribution in [0.25, 0.3) is 0 Å². The summed E-state index contributed by atoms with van der Waals surface area (Å²) >= 11 is 0. The molecule has 2 saturated heterocycles. The Hall–Kier alpha value is -1.44. The molecule has 1 N–H and O–H groups in total. The van der Waals surface area contributed by atoms with Crippen LogP contribution in [0.15, 0.2) is 29.2 Å². The van der Waals surface area contributed by atoms with Crippen LogP contribution in [0, 0.1) is 0 Å². The molecule has 1 amide bonds. The van der Waals surface area contributed by atoms with E-state index in [0.717, 1.165) is 51.7 Å². The number of rotatable bonds is 6. The lowest BCUT2D eigenvalue weighted by atomic mass is 10.0. The molecule has 0 bridgehead atoms. The van der Waals surface area contributed by atoms with Crippen molar-refractivity contribution in [1.82, 2.24) is 14.5 Å². The number of benzene rings is 1. The number of amides is 1. The van der Waals surface area contributed by atoms with Crippen molar-refractivity contribution in [2.45, 2.75) is 50.0 Å². The predicted octanol–water partition coefficient (Wildman–Crippen LogP) is 2.08. The molecule has 1 aromatic rings. The Kier molecular flexibility index (Phi) is 6.32. The van der Waals surface area contributed by atoms with Crippen LogP contribution in [-0.2, 0) is 10.0 Å². The zero-order valence-electron chi connectivity index (χ0n) is 15.5. The molecule has 2 heterocycles. The Labute approximate surface area is 156 Å². The summed E-state index contributed by atoms with van der Waals surface area (Å²) in [4.78, 5) is 15.2. The van der Waals surface area contributed by atoms with Crippen molar-refractivity contribution in [2.75, 3.05) is 32.7 Å². The van der Waals surface area contributed by atoms with Crippen LogP contribution in [0.4, 0.5) is 0 Å². The number of carbonyl (C=O) groups is 1. The molecule has 0 atom stereocenters. The number of nitrogens with zero attached hydrogens (tertiary/aromatic N) is 2. The average Bonchev–Trinajstić information content (AvgIpc) is 3.19. The Morgan fingerprint density at radius 1 is 1.08 bits per heavy atom. The molecule has 2 fully saturated rings.